The van der Waals surface area contributed by atoms with E-state index in [1.54, 1.807) is 13.8 Å². The first kappa shape index (κ1) is 22.9. The van der Waals surface area contributed by atoms with Gasteiger partial charge in [0.2, 0.25) is 5.43 Å². The molecule has 2 N–H and O–H groups in total. The second-order valence-electron chi connectivity index (χ2n) is 6.10. The van der Waals surface area contributed by atoms with E-state index in [-0.39, 0.29) is 49.4 Å². The van der Waals surface area contributed by atoms with Crippen LogP contribution in [-0.2, 0) is 20.2 Å². The van der Waals surface area contributed by atoms with E-state index < -0.39 is 13.5 Å². The molecule has 0 unspecified atom stereocenters. The van der Waals surface area contributed by atoms with E-state index >= 15 is 0 Å². The molecule has 158 valence electrons. The molecule has 0 spiro atoms. The molecule has 1 amide bonds. The molecule has 0 saturated heterocycles. The van der Waals surface area contributed by atoms with Gasteiger partial charge in [0.15, 0.2) is 11.4 Å². The predicted molar refractivity (Wildman–Crippen MR) is 111 cm³/mol. The summed E-state index contributed by atoms with van der Waals surface area (Å²) >= 11 is 0. The molecule has 0 radical (unpaired) electrons. The van der Waals surface area contributed by atoms with Gasteiger partial charge in [-0.15, -0.1) is 0 Å². The van der Waals surface area contributed by atoms with Gasteiger partial charge in [0, 0.05) is 18.8 Å². The summed E-state index contributed by atoms with van der Waals surface area (Å²) in [6.45, 7) is 4.48. The van der Waals surface area contributed by atoms with Gasteiger partial charge in [0.1, 0.15) is 6.61 Å². The molecule has 0 aliphatic heterocycles. The molecular weight excluding hydrogens is 395 g/mol. The molecule has 0 bridgehead atoms. The lowest BCUT2D eigenvalue weighted by atomic mass is 10.2. The zero-order valence-corrected chi connectivity index (χ0v) is 17.6. The number of H-pyrrole nitrogens is 1. The van der Waals surface area contributed by atoms with Crippen LogP contribution in [0.4, 0.5) is 0 Å². The summed E-state index contributed by atoms with van der Waals surface area (Å²) in [6.07, 6.45) is 1.99. The number of amides is 1. The highest BCUT2D eigenvalue weighted by molar-refractivity contribution is 7.53. The fraction of sp³-hybridized carbons (Fsp3) is 0.400. The highest BCUT2D eigenvalue weighted by Crippen LogP contribution is 2.48. The van der Waals surface area contributed by atoms with Crippen molar-refractivity contribution >= 4 is 13.5 Å². The van der Waals surface area contributed by atoms with Gasteiger partial charge in [-0.2, -0.15) is 0 Å². The molecule has 1 aromatic carbocycles. The molecule has 2 rings (SSSR count). The van der Waals surface area contributed by atoms with Gasteiger partial charge < -0.3 is 24.1 Å². The van der Waals surface area contributed by atoms with Gasteiger partial charge in [0.05, 0.1) is 19.4 Å². The number of pyridine rings is 1. The van der Waals surface area contributed by atoms with Crippen molar-refractivity contribution in [2.45, 2.75) is 26.9 Å². The van der Waals surface area contributed by atoms with Gasteiger partial charge in [-0.25, -0.2) is 0 Å². The Morgan fingerprint density at radius 2 is 1.79 bits per heavy atom. The quantitative estimate of drug-likeness (QED) is 0.401. The van der Waals surface area contributed by atoms with Gasteiger partial charge in [-0.3, -0.25) is 14.2 Å². The van der Waals surface area contributed by atoms with Gasteiger partial charge in [-0.1, -0.05) is 30.3 Å². The Hall–Kier alpha value is -2.41. The van der Waals surface area contributed by atoms with Crippen molar-refractivity contribution in [3.8, 4) is 5.75 Å². The molecule has 9 heteroatoms. The van der Waals surface area contributed by atoms with Crippen LogP contribution < -0.4 is 15.5 Å². The zero-order valence-electron chi connectivity index (χ0n) is 16.7. The molecule has 1 aromatic heterocycles. The van der Waals surface area contributed by atoms with Crippen molar-refractivity contribution in [1.82, 2.24) is 10.3 Å². The van der Waals surface area contributed by atoms with Crippen LogP contribution in [0.1, 0.15) is 36.3 Å². The fourth-order valence-corrected chi connectivity index (χ4v) is 4.29. The van der Waals surface area contributed by atoms with Gasteiger partial charge in [0.25, 0.3) is 5.91 Å². The summed E-state index contributed by atoms with van der Waals surface area (Å²) in [5.41, 5.74) is 0.540. The third kappa shape index (κ3) is 7.16. The standard InChI is InChI=1S/C20H27N2O6P/c1-3-27-29(25,28-4-2)14-8-12-22-20(24)18-19(17(23)11-13-21-18)26-15-16-9-6-5-7-10-16/h5-7,9-11,13H,3-4,8,12,14-15H2,1-2H3,(H,21,23)(H,22,24). The Kier molecular flexibility index (Phi) is 9.12. The Labute approximate surface area is 170 Å². The van der Waals surface area contributed by atoms with Crippen LogP contribution in [0, 0.1) is 0 Å². The number of aromatic nitrogens is 1. The highest BCUT2D eigenvalue weighted by Gasteiger charge is 2.23. The average Bonchev–Trinajstić information content (AvgIpc) is 2.71. The first-order valence-electron chi connectivity index (χ1n) is 9.54. The predicted octanol–water partition coefficient (Wildman–Crippen LogP) is 3.34. The third-order valence-electron chi connectivity index (χ3n) is 3.91. The van der Waals surface area contributed by atoms with E-state index in [0.717, 1.165) is 5.56 Å². The lowest BCUT2D eigenvalue weighted by Crippen LogP contribution is -2.28. The summed E-state index contributed by atoms with van der Waals surface area (Å²) in [5, 5.41) is 2.70. The third-order valence-corrected chi connectivity index (χ3v) is 6.08. The first-order chi connectivity index (χ1) is 14.0. The maximum atomic E-state index is 12.5. The summed E-state index contributed by atoms with van der Waals surface area (Å²) in [4.78, 5) is 27.5. The SMILES string of the molecule is CCOP(=O)(CCCNC(=O)c1[nH]ccc(=O)c1OCc1ccccc1)OCC. The van der Waals surface area contributed by atoms with Crippen LogP contribution in [0.5, 0.6) is 5.75 Å². The normalized spacial score (nSPS) is 11.2. The van der Waals surface area contributed by atoms with Crippen molar-refractivity contribution in [2.75, 3.05) is 25.9 Å². The van der Waals surface area contributed by atoms with Crippen molar-refractivity contribution in [2.24, 2.45) is 0 Å². The molecule has 29 heavy (non-hydrogen) atoms. The van der Waals surface area contributed by atoms with E-state index in [1.165, 1.54) is 12.3 Å². The van der Waals surface area contributed by atoms with E-state index in [2.05, 4.69) is 10.3 Å². The summed E-state index contributed by atoms with van der Waals surface area (Å²) < 4.78 is 28.5. The largest absolute Gasteiger partial charge is 0.483 e. The number of hydrogen-bond acceptors (Lipinski definition) is 6. The minimum atomic E-state index is -3.15. The number of aromatic amines is 1. The monoisotopic (exact) mass is 422 g/mol. The van der Waals surface area contributed by atoms with Crippen molar-refractivity contribution < 1.29 is 23.1 Å². The number of ether oxygens (including phenoxy) is 1. The second-order valence-corrected chi connectivity index (χ2v) is 8.29. The Morgan fingerprint density at radius 3 is 2.45 bits per heavy atom. The molecule has 0 atom stereocenters. The summed E-state index contributed by atoms with van der Waals surface area (Å²) in [5.74, 6) is -0.517. The Morgan fingerprint density at radius 1 is 1.10 bits per heavy atom. The topological polar surface area (TPSA) is 107 Å². The van der Waals surface area contributed by atoms with E-state index in [0.29, 0.717) is 6.42 Å². The van der Waals surface area contributed by atoms with Crippen LogP contribution in [0.2, 0.25) is 0 Å². The fourth-order valence-electron chi connectivity index (χ4n) is 2.63. The molecule has 1 heterocycles. The number of hydrogen-bond donors (Lipinski definition) is 2. The Bertz CT molecular complexity index is 874. The molecule has 0 saturated carbocycles. The van der Waals surface area contributed by atoms with Crippen LogP contribution in [0.25, 0.3) is 0 Å². The van der Waals surface area contributed by atoms with Crippen molar-refractivity contribution in [3.63, 3.8) is 0 Å². The van der Waals surface area contributed by atoms with Crippen LogP contribution in [-0.4, -0.2) is 36.8 Å². The number of carbonyl (C=O) groups excluding carboxylic acids is 1. The first-order valence-corrected chi connectivity index (χ1v) is 11.3. The minimum absolute atomic E-state index is 0.0387. The number of nitrogens with one attached hydrogen (secondary N) is 2. The van der Waals surface area contributed by atoms with E-state index in [1.807, 2.05) is 30.3 Å². The zero-order chi connectivity index (χ0) is 21.1. The van der Waals surface area contributed by atoms with E-state index in [9.17, 15) is 14.2 Å². The maximum Gasteiger partial charge on any atom is 0.330 e. The number of carbonyl (C=O) groups is 1. The van der Waals surface area contributed by atoms with Gasteiger partial charge in [-0.05, 0) is 25.8 Å². The summed E-state index contributed by atoms with van der Waals surface area (Å²) in [6, 6.07) is 10.7. The molecule has 2 aromatic rings. The molecule has 0 aliphatic rings. The maximum absolute atomic E-state index is 12.5. The Balaban J connectivity index is 1.96. The van der Waals surface area contributed by atoms with Crippen LogP contribution >= 0.6 is 7.60 Å². The molecule has 0 aliphatic carbocycles. The van der Waals surface area contributed by atoms with Crippen LogP contribution in [0.15, 0.2) is 47.4 Å². The smallest absolute Gasteiger partial charge is 0.330 e. The minimum Gasteiger partial charge on any atom is -0.483 e. The van der Waals surface area contributed by atoms with E-state index in [4.69, 9.17) is 13.8 Å². The molecule has 8 nitrogen and oxygen atoms in total. The average molecular weight is 422 g/mol. The lowest BCUT2D eigenvalue weighted by Gasteiger charge is -2.17. The number of benzene rings is 1. The highest BCUT2D eigenvalue weighted by atomic mass is 31.2. The van der Waals surface area contributed by atoms with Gasteiger partial charge >= 0.3 is 7.60 Å². The van der Waals surface area contributed by atoms with Crippen molar-refractivity contribution in [1.29, 1.82) is 0 Å². The lowest BCUT2D eigenvalue weighted by molar-refractivity contribution is 0.0943. The molecule has 0 fully saturated rings. The van der Waals surface area contributed by atoms with Crippen LogP contribution in [0.3, 0.4) is 0 Å². The summed E-state index contributed by atoms with van der Waals surface area (Å²) in [7, 11) is -3.15. The second kappa shape index (κ2) is 11.6. The number of rotatable bonds is 12. The van der Waals surface area contributed by atoms with Crippen molar-refractivity contribution in [3.05, 3.63) is 64.1 Å². The molecular formula is C20H27N2O6P.